The molecule has 0 aliphatic carbocycles. The van der Waals surface area contributed by atoms with Crippen LogP contribution in [-0.2, 0) is 18.3 Å². The van der Waals surface area contributed by atoms with E-state index in [2.05, 4.69) is 24.4 Å². The minimum Gasteiger partial charge on any atom is -0.368 e. The Balaban J connectivity index is 1.70. The van der Waals surface area contributed by atoms with E-state index in [1.807, 2.05) is 39.4 Å². The average Bonchev–Trinajstić information content (AvgIpc) is 2.78. The first kappa shape index (κ1) is 14.2. The number of imidazole rings is 1. The van der Waals surface area contributed by atoms with Crippen LogP contribution in [0.2, 0.25) is 0 Å². The third-order valence-corrected chi connectivity index (χ3v) is 3.69. The maximum atomic E-state index is 5.89. The van der Waals surface area contributed by atoms with Crippen LogP contribution < -0.4 is 0 Å². The Morgan fingerprint density at radius 3 is 2.90 bits per heavy atom. The highest BCUT2D eigenvalue weighted by Gasteiger charge is 2.25. The number of ether oxygens (including phenoxy) is 1. The lowest BCUT2D eigenvalue weighted by atomic mass is 10.2. The molecule has 1 aliphatic rings. The van der Waals surface area contributed by atoms with Gasteiger partial charge in [0.1, 0.15) is 17.8 Å². The van der Waals surface area contributed by atoms with E-state index in [-0.39, 0.29) is 6.10 Å². The van der Waals surface area contributed by atoms with Crippen LogP contribution in [-0.4, -0.2) is 44.1 Å². The predicted octanol–water partition coefficient (Wildman–Crippen LogP) is 1.40. The van der Waals surface area contributed by atoms with Crippen molar-refractivity contribution in [3.63, 3.8) is 0 Å². The molecule has 2 aromatic rings. The Morgan fingerprint density at radius 2 is 2.19 bits per heavy atom. The van der Waals surface area contributed by atoms with Crippen LogP contribution in [0, 0.1) is 13.8 Å². The number of nitrogens with zero attached hydrogens (tertiary/aromatic N) is 5. The average molecular weight is 287 g/mol. The van der Waals surface area contributed by atoms with E-state index in [1.165, 1.54) is 0 Å². The van der Waals surface area contributed by atoms with Crippen LogP contribution in [0.1, 0.15) is 29.1 Å². The van der Waals surface area contributed by atoms with Crippen LogP contribution in [0.5, 0.6) is 0 Å². The molecule has 0 bridgehead atoms. The maximum Gasteiger partial charge on any atom is 0.139 e. The standard InChI is InChI=1S/C15H21N5O/c1-11-8-19(3)15(17-11)14-10-20(6-7-21-14)9-13-4-5-16-12(2)18-13/h4-5,8,14H,6-7,9-10H2,1-3H3. The summed E-state index contributed by atoms with van der Waals surface area (Å²) in [5, 5.41) is 0. The van der Waals surface area contributed by atoms with Gasteiger partial charge in [-0.15, -0.1) is 0 Å². The second kappa shape index (κ2) is 5.91. The van der Waals surface area contributed by atoms with Crippen molar-refractivity contribution < 1.29 is 4.74 Å². The van der Waals surface area contributed by atoms with E-state index in [1.54, 1.807) is 0 Å². The molecule has 1 unspecified atom stereocenters. The van der Waals surface area contributed by atoms with Crippen molar-refractivity contribution in [2.45, 2.75) is 26.5 Å². The second-order valence-electron chi connectivity index (χ2n) is 5.54. The summed E-state index contributed by atoms with van der Waals surface area (Å²) in [7, 11) is 2.02. The lowest BCUT2D eigenvalue weighted by Crippen LogP contribution is -2.38. The molecule has 3 rings (SSSR count). The van der Waals surface area contributed by atoms with E-state index >= 15 is 0 Å². The van der Waals surface area contributed by atoms with Gasteiger partial charge in [0.25, 0.3) is 0 Å². The van der Waals surface area contributed by atoms with Crippen molar-refractivity contribution in [2.75, 3.05) is 19.7 Å². The molecule has 2 aromatic heterocycles. The first-order valence-electron chi connectivity index (χ1n) is 7.24. The molecule has 1 saturated heterocycles. The molecule has 0 radical (unpaired) electrons. The SMILES string of the molecule is Cc1cn(C)c(C2CN(Cc3ccnc(C)n3)CCO2)n1. The smallest absolute Gasteiger partial charge is 0.139 e. The summed E-state index contributed by atoms with van der Waals surface area (Å²) in [4.78, 5) is 15.6. The molecule has 0 spiro atoms. The van der Waals surface area contributed by atoms with E-state index in [0.717, 1.165) is 49.3 Å². The number of aromatic nitrogens is 4. The number of hydrogen-bond donors (Lipinski definition) is 0. The molecule has 0 aromatic carbocycles. The van der Waals surface area contributed by atoms with Gasteiger partial charge in [0, 0.05) is 39.1 Å². The zero-order valence-corrected chi connectivity index (χ0v) is 12.8. The number of aryl methyl sites for hydroxylation is 3. The van der Waals surface area contributed by atoms with E-state index in [0.29, 0.717) is 0 Å². The highest BCUT2D eigenvalue weighted by Crippen LogP contribution is 2.22. The highest BCUT2D eigenvalue weighted by atomic mass is 16.5. The van der Waals surface area contributed by atoms with E-state index in [9.17, 15) is 0 Å². The molecule has 0 N–H and O–H groups in total. The summed E-state index contributed by atoms with van der Waals surface area (Å²) in [6.07, 6.45) is 3.88. The molecule has 0 amide bonds. The minimum absolute atomic E-state index is 0.0281. The van der Waals surface area contributed by atoms with Gasteiger partial charge in [0.05, 0.1) is 18.0 Å². The predicted molar refractivity (Wildman–Crippen MR) is 78.7 cm³/mol. The third-order valence-electron chi connectivity index (χ3n) is 3.69. The molecule has 1 aliphatic heterocycles. The van der Waals surface area contributed by atoms with Gasteiger partial charge in [0.2, 0.25) is 0 Å². The van der Waals surface area contributed by atoms with Gasteiger partial charge in [-0.3, -0.25) is 4.90 Å². The molecular formula is C15H21N5O. The van der Waals surface area contributed by atoms with Crippen LogP contribution in [0.3, 0.4) is 0 Å². The van der Waals surface area contributed by atoms with E-state index in [4.69, 9.17) is 4.74 Å². The maximum absolute atomic E-state index is 5.89. The lowest BCUT2D eigenvalue weighted by molar-refractivity contribution is -0.0387. The topological polar surface area (TPSA) is 56.1 Å². The quantitative estimate of drug-likeness (QED) is 0.854. The fourth-order valence-corrected chi connectivity index (χ4v) is 2.76. The molecule has 0 saturated carbocycles. The first-order chi connectivity index (χ1) is 10.1. The zero-order chi connectivity index (χ0) is 14.8. The molecule has 6 heteroatoms. The van der Waals surface area contributed by atoms with Gasteiger partial charge in [-0.25, -0.2) is 15.0 Å². The van der Waals surface area contributed by atoms with Gasteiger partial charge >= 0.3 is 0 Å². The Labute approximate surface area is 124 Å². The molecular weight excluding hydrogens is 266 g/mol. The summed E-state index contributed by atoms with van der Waals surface area (Å²) in [5.74, 6) is 1.81. The number of rotatable bonds is 3. The molecule has 3 heterocycles. The monoisotopic (exact) mass is 287 g/mol. The Morgan fingerprint density at radius 1 is 1.33 bits per heavy atom. The molecule has 112 valence electrons. The van der Waals surface area contributed by atoms with Crippen LogP contribution in [0.4, 0.5) is 0 Å². The summed E-state index contributed by atoms with van der Waals surface area (Å²) in [6.45, 7) is 7.24. The van der Waals surface area contributed by atoms with Gasteiger partial charge in [0.15, 0.2) is 0 Å². The number of hydrogen-bond acceptors (Lipinski definition) is 5. The summed E-state index contributed by atoms with van der Waals surface area (Å²) < 4.78 is 7.95. The first-order valence-corrected chi connectivity index (χ1v) is 7.24. The van der Waals surface area contributed by atoms with Gasteiger partial charge in [-0.2, -0.15) is 0 Å². The van der Waals surface area contributed by atoms with Crippen molar-refractivity contribution in [3.8, 4) is 0 Å². The van der Waals surface area contributed by atoms with Crippen LogP contribution in [0.15, 0.2) is 18.5 Å². The minimum atomic E-state index is 0.0281. The van der Waals surface area contributed by atoms with Gasteiger partial charge in [-0.05, 0) is 19.9 Å². The summed E-state index contributed by atoms with van der Waals surface area (Å²) >= 11 is 0. The Bertz CT molecular complexity index is 624. The molecule has 1 fully saturated rings. The highest BCUT2D eigenvalue weighted by molar-refractivity contribution is 5.06. The molecule has 6 nitrogen and oxygen atoms in total. The normalized spacial score (nSPS) is 19.9. The van der Waals surface area contributed by atoms with Crippen LogP contribution in [0.25, 0.3) is 0 Å². The second-order valence-corrected chi connectivity index (χ2v) is 5.54. The lowest BCUT2D eigenvalue weighted by Gasteiger charge is -2.32. The van der Waals surface area contributed by atoms with Crippen molar-refractivity contribution in [1.29, 1.82) is 0 Å². The van der Waals surface area contributed by atoms with Gasteiger partial charge < -0.3 is 9.30 Å². The zero-order valence-electron chi connectivity index (χ0n) is 12.8. The third kappa shape index (κ3) is 3.28. The van der Waals surface area contributed by atoms with Crippen molar-refractivity contribution in [3.05, 3.63) is 41.5 Å². The van der Waals surface area contributed by atoms with E-state index < -0.39 is 0 Å². The Kier molecular flexibility index (Phi) is 3.98. The van der Waals surface area contributed by atoms with Crippen molar-refractivity contribution in [2.24, 2.45) is 7.05 Å². The molecule has 1 atom stereocenters. The van der Waals surface area contributed by atoms with Crippen LogP contribution >= 0.6 is 0 Å². The number of morpholine rings is 1. The fourth-order valence-electron chi connectivity index (χ4n) is 2.76. The van der Waals surface area contributed by atoms with Crippen molar-refractivity contribution >= 4 is 0 Å². The van der Waals surface area contributed by atoms with Gasteiger partial charge in [-0.1, -0.05) is 0 Å². The molecule has 21 heavy (non-hydrogen) atoms. The fraction of sp³-hybridized carbons (Fsp3) is 0.533. The largest absolute Gasteiger partial charge is 0.368 e. The van der Waals surface area contributed by atoms with Crippen molar-refractivity contribution in [1.82, 2.24) is 24.4 Å². The Hall–Kier alpha value is -1.79. The summed E-state index contributed by atoms with van der Waals surface area (Å²) in [6, 6.07) is 1.97. The summed E-state index contributed by atoms with van der Waals surface area (Å²) in [5.41, 5.74) is 2.08.